The maximum absolute atomic E-state index is 5.74. The summed E-state index contributed by atoms with van der Waals surface area (Å²) in [6.07, 6.45) is 3.58. The second kappa shape index (κ2) is 6.17. The molecule has 0 radical (unpaired) electrons. The van der Waals surface area contributed by atoms with Crippen molar-refractivity contribution in [2.75, 3.05) is 0 Å². The van der Waals surface area contributed by atoms with Gasteiger partial charge in [0, 0.05) is 18.8 Å². The monoisotopic (exact) mass is 242 g/mol. The van der Waals surface area contributed by atoms with E-state index in [1.807, 2.05) is 42.6 Å². The van der Waals surface area contributed by atoms with Gasteiger partial charge in [-0.3, -0.25) is 4.98 Å². The van der Waals surface area contributed by atoms with Crippen LogP contribution in [0.5, 0.6) is 11.5 Å². The molecule has 1 aromatic carbocycles. The van der Waals surface area contributed by atoms with Crippen LogP contribution < -0.4 is 10.1 Å². The molecule has 0 spiro atoms. The van der Waals surface area contributed by atoms with Crippen LogP contribution in [0.4, 0.5) is 0 Å². The third kappa shape index (κ3) is 3.86. The first-order chi connectivity index (χ1) is 8.74. The standard InChI is InChI=1S/C15H18N2O/c1-12(2)17-10-13-8-15(11-16-9-13)18-14-6-4-3-5-7-14/h3-9,11-12,17H,10H2,1-2H3. The summed E-state index contributed by atoms with van der Waals surface area (Å²) in [5, 5.41) is 3.36. The minimum atomic E-state index is 0.462. The largest absolute Gasteiger partial charge is 0.456 e. The highest BCUT2D eigenvalue weighted by Gasteiger charge is 2.00. The molecule has 0 atom stereocenters. The molecule has 1 aromatic heterocycles. The van der Waals surface area contributed by atoms with E-state index in [0.29, 0.717) is 6.04 Å². The minimum absolute atomic E-state index is 0.462. The third-order valence-corrected chi connectivity index (χ3v) is 2.46. The highest BCUT2D eigenvalue weighted by Crippen LogP contribution is 2.20. The van der Waals surface area contributed by atoms with Crippen molar-refractivity contribution in [3.05, 3.63) is 54.4 Å². The Kier molecular flexibility index (Phi) is 4.31. The summed E-state index contributed by atoms with van der Waals surface area (Å²) in [6.45, 7) is 5.05. The average molecular weight is 242 g/mol. The Hall–Kier alpha value is -1.87. The molecule has 94 valence electrons. The fraction of sp³-hybridized carbons (Fsp3) is 0.267. The highest BCUT2D eigenvalue weighted by molar-refractivity contribution is 5.31. The van der Waals surface area contributed by atoms with E-state index in [1.165, 1.54) is 0 Å². The van der Waals surface area contributed by atoms with Crippen LogP contribution in [0.25, 0.3) is 0 Å². The van der Waals surface area contributed by atoms with Crippen LogP contribution in [0.1, 0.15) is 19.4 Å². The predicted octanol–water partition coefficient (Wildman–Crippen LogP) is 3.37. The van der Waals surface area contributed by atoms with Crippen LogP contribution in [-0.2, 0) is 6.54 Å². The quantitative estimate of drug-likeness (QED) is 0.872. The number of aromatic nitrogens is 1. The van der Waals surface area contributed by atoms with E-state index in [4.69, 9.17) is 4.74 Å². The van der Waals surface area contributed by atoms with Gasteiger partial charge in [0.1, 0.15) is 11.5 Å². The van der Waals surface area contributed by atoms with Gasteiger partial charge in [-0.15, -0.1) is 0 Å². The van der Waals surface area contributed by atoms with E-state index in [-0.39, 0.29) is 0 Å². The van der Waals surface area contributed by atoms with Crippen molar-refractivity contribution in [3.8, 4) is 11.5 Å². The Morgan fingerprint density at radius 3 is 2.61 bits per heavy atom. The number of ether oxygens (including phenoxy) is 1. The number of para-hydroxylation sites is 1. The lowest BCUT2D eigenvalue weighted by molar-refractivity contribution is 0.478. The number of pyridine rings is 1. The average Bonchev–Trinajstić information content (AvgIpc) is 2.38. The fourth-order valence-electron chi connectivity index (χ4n) is 1.56. The first-order valence-electron chi connectivity index (χ1n) is 6.14. The second-order valence-corrected chi connectivity index (χ2v) is 4.48. The summed E-state index contributed by atoms with van der Waals surface area (Å²) in [7, 11) is 0. The molecule has 0 amide bonds. The van der Waals surface area contributed by atoms with Gasteiger partial charge in [0.15, 0.2) is 0 Å². The molecule has 0 saturated heterocycles. The van der Waals surface area contributed by atoms with Crippen molar-refractivity contribution in [1.82, 2.24) is 10.3 Å². The van der Waals surface area contributed by atoms with E-state index in [9.17, 15) is 0 Å². The number of rotatable bonds is 5. The third-order valence-electron chi connectivity index (χ3n) is 2.46. The van der Waals surface area contributed by atoms with Crippen LogP contribution in [0, 0.1) is 0 Å². The second-order valence-electron chi connectivity index (χ2n) is 4.48. The number of hydrogen-bond acceptors (Lipinski definition) is 3. The van der Waals surface area contributed by atoms with Crippen molar-refractivity contribution in [1.29, 1.82) is 0 Å². The van der Waals surface area contributed by atoms with E-state index in [1.54, 1.807) is 6.20 Å². The molecular formula is C15H18N2O. The Bertz CT molecular complexity index is 483. The first-order valence-corrected chi connectivity index (χ1v) is 6.14. The molecule has 1 N–H and O–H groups in total. The van der Waals surface area contributed by atoms with Gasteiger partial charge in [-0.05, 0) is 23.8 Å². The lowest BCUT2D eigenvalue weighted by Crippen LogP contribution is -2.21. The zero-order valence-corrected chi connectivity index (χ0v) is 10.8. The number of nitrogens with zero attached hydrogens (tertiary/aromatic N) is 1. The minimum Gasteiger partial charge on any atom is -0.456 e. The Morgan fingerprint density at radius 1 is 1.11 bits per heavy atom. The van der Waals surface area contributed by atoms with Gasteiger partial charge in [-0.1, -0.05) is 32.0 Å². The maximum atomic E-state index is 5.74. The summed E-state index contributed by atoms with van der Waals surface area (Å²) in [4.78, 5) is 4.19. The van der Waals surface area contributed by atoms with Gasteiger partial charge in [-0.2, -0.15) is 0 Å². The van der Waals surface area contributed by atoms with Crippen molar-refractivity contribution < 1.29 is 4.74 Å². The van der Waals surface area contributed by atoms with Crippen molar-refractivity contribution in [2.24, 2.45) is 0 Å². The lowest BCUT2D eigenvalue weighted by atomic mass is 10.2. The molecule has 1 heterocycles. The normalized spacial score (nSPS) is 10.6. The molecule has 0 unspecified atom stereocenters. The van der Waals surface area contributed by atoms with E-state index in [0.717, 1.165) is 23.6 Å². The van der Waals surface area contributed by atoms with Crippen molar-refractivity contribution >= 4 is 0 Å². The van der Waals surface area contributed by atoms with E-state index < -0.39 is 0 Å². The van der Waals surface area contributed by atoms with Crippen LogP contribution in [0.3, 0.4) is 0 Å². The van der Waals surface area contributed by atoms with Gasteiger partial charge in [0.05, 0.1) is 6.20 Å². The molecule has 18 heavy (non-hydrogen) atoms. The first kappa shape index (κ1) is 12.6. The van der Waals surface area contributed by atoms with Gasteiger partial charge in [0.25, 0.3) is 0 Å². The summed E-state index contributed by atoms with van der Waals surface area (Å²) < 4.78 is 5.74. The summed E-state index contributed by atoms with van der Waals surface area (Å²) in [5.41, 5.74) is 1.12. The summed E-state index contributed by atoms with van der Waals surface area (Å²) in [6, 6.07) is 12.2. The van der Waals surface area contributed by atoms with Crippen LogP contribution in [0.2, 0.25) is 0 Å². The summed E-state index contributed by atoms with van der Waals surface area (Å²) in [5.74, 6) is 1.59. The lowest BCUT2D eigenvalue weighted by Gasteiger charge is -2.09. The highest BCUT2D eigenvalue weighted by atomic mass is 16.5. The zero-order chi connectivity index (χ0) is 12.8. The Labute approximate surface area is 108 Å². The SMILES string of the molecule is CC(C)NCc1cncc(Oc2ccccc2)c1. The van der Waals surface area contributed by atoms with Gasteiger partial charge < -0.3 is 10.1 Å². The molecule has 0 aliphatic heterocycles. The van der Waals surface area contributed by atoms with Gasteiger partial charge in [-0.25, -0.2) is 0 Å². The molecular weight excluding hydrogens is 224 g/mol. The van der Waals surface area contributed by atoms with Crippen molar-refractivity contribution in [2.45, 2.75) is 26.4 Å². The van der Waals surface area contributed by atoms with Crippen LogP contribution in [0.15, 0.2) is 48.8 Å². The van der Waals surface area contributed by atoms with Gasteiger partial charge >= 0.3 is 0 Å². The summed E-state index contributed by atoms with van der Waals surface area (Å²) >= 11 is 0. The Morgan fingerprint density at radius 2 is 1.89 bits per heavy atom. The van der Waals surface area contributed by atoms with E-state index >= 15 is 0 Å². The molecule has 0 aliphatic carbocycles. The topological polar surface area (TPSA) is 34.2 Å². The molecule has 2 rings (SSSR count). The number of hydrogen-bond donors (Lipinski definition) is 1. The molecule has 0 saturated carbocycles. The van der Waals surface area contributed by atoms with Gasteiger partial charge in [0.2, 0.25) is 0 Å². The molecule has 3 nitrogen and oxygen atoms in total. The zero-order valence-electron chi connectivity index (χ0n) is 10.8. The number of benzene rings is 1. The predicted molar refractivity (Wildman–Crippen MR) is 72.7 cm³/mol. The van der Waals surface area contributed by atoms with E-state index in [2.05, 4.69) is 24.1 Å². The fourth-order valence-corrected chi connectivity index (χ4v) is 1.56. The molecule has 3 heteroatoms. The molecule has 0 aliphatic rings. The smallest absolute Gasteiger partial charge is 0.146 e. The molecule has 0 bridgehead atoms. The molecule has 2 aromatic rings. The molecule has 0 fully saturated rings. The Balaban J connectivity index is 2.03. The maximum Gasteiger partial charge on any atom is 0.146 e. The van der Waals surface area contributed by atoms with Crippen LogP contribution in [-0.4, -0.2) is 11.0 Å². The van der Waals surface area contributed by atoms with Crippen molar-refractivity contribution in [3.63, 3.8) is 0 Å². The van der Waals surface area contributed by atoms with Crippen LogP contribution >= 0.6 is 0 Å². The number of nitrogens with one attached hydrogen (secondary N) is 1.